The molecule has 1 aliphatic heterocycles. The summed E-state index contributed by atoms with van der Waals surface area (Å²) in [6.07, 6.45) is 1.78. The third-order valence-electron chi connectivity index (χ3n) is 5.08. The maximum atomic E-state index is 12.5. The van der Waals surface area contributed by atoms with E-state index in [1.165, 1.54) is 5.56 Å². The highest BCUT2D eigenvalue weighted by Gasteiger charge is 2.24. The molecular weight excluding hydrogens is 394 g/mol. The quantitative estimate of drug-likeness (QED) is 0.521. The number of nitrogens with zero attached hydrogens (tertiary/aromatic N) is 3. The van der Waals surface area contributed by atoms with Crippen LogP contribution in [0.1, 0.15) is 35.4 Å². The Hall–Kier alpha value is -2.06. The zero-order chi connectivity index (χ0) is 20.8. The maximum absolute atomic E-state index is 12.5. The number of hydrogen-bond acceptors (Lipinski definition) is 5. The molecule has 2 aromatic rings. The summed E-state index contributed by atoms with van der Waals surface area (Å²) in [5, 5.41) is 3.19. The van der Waals surface area contributed by atoms with Gasteiger partial charge in [0, 0.05) is 43.5 Å². The van der Waals surface area contributed by atoms with Crippen molar-refractivity contribution in [2.24, 2.45) is 0 Å². The Morgan fingerprint density at radius 1 is 1.24 bits per heavy atom. The first-order chi connectivity index (χ1) is 13.9. The van der Waals surface area contributed by atoms with Gasteiger partial charge in [-0.2, -0.15) is 8.78 Å². The van der Waals surface area contributed by atoms with Crippen molar-refractivity contribution in [1.82, 2.24) is 20.2 Å². The van der Waals surface area contributed by atoms with Crippen LogP contribution in [-0.2, 0) is 17.8 Å². The molecule has 156 valence electrons. The van der Waals surface area contributed by atoms with Crippen LogP contribution in [0.2, 0.25) is 0 Å². The highest BCUT2D eigenvalue weighted by Crippen LogP contribution is 2.24. The third-order valence-corrected chi connectivity index (χ3v) is 5.65. The highest BCUT2D eigenvalue weighted by atomic mass is 32.2. The number of alkyl halides is 2. The van der Waals surface area contributed by atoms with E-state index < -0.39 is 5.76 Å². The van der Waals surface area contributed by atoms with E-state index in [4.69, 9.17) is 0 Å². The SMILES string of the molecule is Cc1nc(SC(F)F)nc(C)c1CCC(=O)N[C@H]1CCN(Cc2ccccc2)C1. The molecule has 5 nitrogen and oxygen atoms in total. The number of benzene rings is 1. The number of nitrogens with one attached hydrogen (secondary N) is 1. The fourth-order valence-electron chi connectivity index (χ4n) is 3.68. The van der Waals surface area contributed by atoms with Gasteiger partial charge in [0.1, 0.15) is 0 Å². The highest BCUT2D eigenvalue weighted by molar-refractivity contribution is 7.99. The van der Waals surface area contributed by atoms with E-state index in [0.29, 0.717) is 36.0 Å². The summed E-state index contributed by atoms with van der Waals surface area (Å²) < 4.78 is 25.0. The Labute approximate surface area is 174 Å². The molecule has 8 heteroatoms. The van der Waals surface area contributed by atoms with Gasteiger partial charge in [-0.15, -0.1) is 0 Å². The molecule has 0 aliphatic carbocycles. The van der Waals surface area contributed by atoms with E-state index in [1.807, 2.05) is 18.2 Å². The largest absolute Gasteiger partial charge is 0.352 e. The van der Waals surface area contributed by atoms with Gasteiger partial charge in [0.05, 0.1) is 0 Å². The first-order valence-corrected chi connectivity index (χ1v) is 10.6. The predicted molar refractivity (Wildman–Crippen MR) is 110 cm³/mol. The Morgan fingerprint density at radius 2 is 1.93 bits per heavy atom. The molecular formula is C21H26F2N4OS. The Balaban J connectivity index is 1.47. The Bertz CT molecular complexity index is 812. The van der Waals surface area contributed by atoms with Gasteiger partial charge in [-0.3, -0.25) is 9.69 Å². The van der Waals surface area contributed by atoms with Crippen molar-refractivity contribution >= 4 is 17.7 Å². The predicted octanol–water partition coefficient (Wildman–Crippen LogP) is 3.73. The van der Waals surface area contributed by atoms with Crippen LogP contribution in [0.4, 0.5) is 8.78 Å². The first kappa shape index (κ1) is 21.6. The van der Waals surface area contributed by atoms with Gasteiger partial charge in [0.2, 0.25) is 5.91 Å². The van der Waals surface area contributed by atoms with E-state index in [2.05, 4.69) is 32.3 Å². The van der Waals surface area contributed by atoms with Crippen molar-refractivity contribution in [3.8, 4) is 0 Å². The van der Waals surface area contributed by atoms with E-state index >= 15 is 0 Å². The summed E-state index contributed by atoms with van der Waals surface area (Å²) >= 11 is 0.342. The van der Waals surface area contributed by atoms with Crippen molar-refractivity contribution in [3.63, 3.8) is 0 Å². The smallest absolute Gasteiger partial charge is 0.291 e. The third kappa shape index (κ3) is 6.47. The zero-order valence-corrected chi connectivity index (χ0v) is 17.5. The number of hydrogen-bond donors (Lipinski definition) is 1. The van der Waals surface area contributed by atoms with Gasteiger partial charge in [0.15, 0.2) is 5.16 Å². The summed E-state index contributed by atoms with van der Waals surface area (Å²) in [7, 11) is 0. The molecule has 0 spiro atoms. The summed E-state index contributed by atoms with van der Waals surface area (Å²) in [5.41, 5.74) is 3.45. The molecule has 1 aromatic carbocycles. The first-order valence-electron chi connectivity index (χ1n) is 9.75. The second-order valence-corrected chi connectivity index (χ2v) is 8.27. The lowest BCUT2D eigenvalue weighted by Crippen LogP contribution is -2.37. The maximum Gasteiger partial charge on any atom is 0.291 e. The lowest BCUT2D eigenvalue weighted by atomic mass is 10.1. The molecule has 2 heterocycles. The molecule has 0 unspecified atom stereocenters. The van der Waals surface area contributed by atoms with Gasteiger partial charge in [-0.1, -0.05) is 30.3 Å². The topological polar surface area (TPSA) is 58.1 Å². The van der Waals surface area contributed by atoms with E-state index in [9.17, 15) is 13.6 Å². The molecule has 1 saturated heterocycles. The van der Waals surface area contributed by atoms with Gasteiger partial charge in [-0.05, 0) is 49.6 Å². The van der Waals surface area contributed by atoms with E-state index in [0.717, 1.165) is 31.6 Å². The normalized spacial score (nSPS) is 17.1. The monoisotopic (exact) mass is 420 g/mol. The number of likely N-dealkylation sites (tertiary alicyclic amines) is 1. The molecule has 1 amide bonds. The fraction of sp³-hybridized carbons (Fsp3) is 0.476. The van der Waals surface area contributed by atoms with Crippen LogP contribution in [-0.4, -0.2) is 45.7 Å². The average molecular weight is 421 g/mol. The van der Waals surface area contributed by atoms with Crippen LogP contribution in [0.15, 0.2) is 35.5 Å². The van der Waals surface area contributed by atoms with E-state index in [1.54, 1.807) is 13.8 Å². The second-order valence-electron chi connectivity index (χ2n) is 7.31. The number of rotatable bonds is 8. The minimum absolute atomic E-state index is 0.00129. The van der Waals surface area contributed by atoms with Crippen molar-refractivity contribution < 1.29 is 13.6 Å². The fourth-order valence-corrected chi connectivity index (χ4v) is 4.22. The number of carbonyl (C=O) groups excluding carboxylic acids is 1. The number of carbonyl (C=O) groups is 1. The number of aryl methyl sites for hydroxylation is 2. The second kappa shape index (κ2) is 10.1. The van der Waals surface area contributed by atoms with Crippen molar-refractivity contribution in [3.05, 3.63) is 52.8 Å². The molecule has 0 saturated carbocycles. The minimum atomic E-state index is -2.54. The van der Waals surface area contributed by atoms with Crippen molar-refractivity contribution in [2.75, 3.05) is 13.1 Å². The number of aromatic nitrogens is 2. The van der Waals surface area contributed by atoms with Gasteiger partial charge >= 0.3 is 0 Å². The molecule has 29 heavy (non-hydrogen) atoms. The minimum Gasteiger partial charge on any atom is -0.352 e. The molecule has 1 atom stereocenters. The number of halogens is 2. The summed E-state index contributed by atoms with van der Waals surface area (Å²) in [6, 6.07) is 10.5. The van der Waals surface area contributed by atoms with Crippen LogP contribution in [0.25, 0.3) is 0 Å². The molecule has 0 bridgehead atoms. The molecule has 1 fully saturated rings. The Kier molecular flexibility index (Phi) is 7.55. The van der Waals surface area contributed by atoms with Crippen LogP contribution >= 0.6 is 11.8 Å². The van der Waals surface area contributed by atoms with Gasteiger partial charge in [0.25, 0.3) is 5.76 Å². The van der Waals surface area contributed by atoms with E-state index in [-0.39, 0.29) is 17.1 Å². The van der Waals surface area contributed by atoms with Crippen LogP contribution < -0.4 is 5.32 Å². The average Bonchev–Trinajstić information content (AvgIpc) is 3.08. The lowest BCUT2D eigenvalue weighted by molar-refractivity contribution is -0.121. The molecule has 1 N–H and O–H groups in total. The van der Waals surface area contributed by atoms with Crippen LogP contribution in [0.3, 0.4) is 0 Å². The van der Waals surface area contributed by atoms with Crippen molar-refractivity contribution in [1.29, 1.82) is 0 Å². The standard InChI is InChI=1S/C21H26F2N4OS/c1-14-18(15(2)25-21(24-14)29-20(22)23)8-9-19(28)26-17-10-11-27(13-17)12-16-6-4-3-5-7-16/h3-7,17,20H,8-13H2,1-2H3,(H,26,28)/t17-/m0/s1. The van der Waals surface area contributed by atoms with Crippen molar-refractivity contribution in [2.45, 2.75) is 56.6 Å². The zero-order valence-electron chi connectivity index (χ0n) is 16.7. The van der Waals surface area contributed by atoms with Crippen LogP contribution in [0, 0.1) is 13.8 Å². The number of amides is 1. The van der Waals surface area contributed by atoms with Gasteiger partial charge in [-0.25, -0.2) is 9.97 Å². The Morgan fingerprint density at radius 3 is 2.59 bits per heavy atom. The molecule has 1 aliphatic rings. The van der Waals surface area contributed by atoms with Gasteiger partial charge < -0.3 is 5.32 Å². The van der Waals surface area contributed by atoms with Crippen LogP contribution in [0.5, 0.6) is 0 Å². The molecule has 1 aromatic heterocycles. The summed E-state index contributed by atoms with van der Waals surface area (Å²) in [5.74, 6) is -2.54. The number of thioether (sulfide) groups is 1. The lowest BCUT2D eigenvalue weighted by Gasteiger charge is -2.17. The summed E-state index contributed by atoms with van der Waals surface area (Å²) in [4.78, 5) is 23.0. The molecule has 0 radical (unpaired) electrons. The summed E-state index contributed by atoms with van der Waals surface area (Å²) in [6.45, 7) is 6.26. The molecule has 3 rings (SSSR count).